The largest absolute Gasteiger partial charge is 0.352 e. The number of carbonyl (C=O) groups excluding carboxylic acids is 2. The summed E-state index contributed by atoms with van der Waals surface area (Å²) in [5.41, 5.74) is 3.45. The predicted molar refractivity (Wildman–Crippen MR) is 166 cm³/mol. The average Bonchev–Trinajstić information content (AvgIpc) is 2.93. The molecule has 0 aliphatic heterocycles. The molecule has 220 valence electrons. The number of sulfonamides is 1. The van der Waals surface area contributed by atoms with Crippen molar-refractivity contribution in [2.45, 2.75) is 65.1 Å². The van der Waals surface area contributed by atoms with Crippen LogP contribution in [0.5, 0.6) is 0 Å². The van der Waals surface area contributed by atoms with Gasteiger partial charge in [0, 0.05) is 37.0 Å². The summed E-state index contributed by atoms with van der Waals surface area (Å²) in [5, 5.41) is 3.56. The summed E-state index contributed by atoms with van der Waals surface area (Å²) in [6.07, 6.45) is 2.74. The summed E-state index contributed by atoms with van der Waals surface area (Å²) in [5.74, 6) is -0.463. The molecule has 0 radical (unpaired) electrons. The first-order valence-corrected chi connectivity index (χ1v) is 16.2. The summed E-state index contributed by atoms with van der Waals surface area (Å²) >= 11 is 6.09. The molecule has 41 heavy (non-hydrogen) atoms. The van der Waals surface area contributed by atoms with Gasteiger partial charge in [-0.15, -0.1) is 0 Å². The van der Waals surface area contributed by atoms with Gasteiger partial charge in [-0.2, -0.15) is 0 Å². The van der Waals surface area contributed by atoms with E-state index in [4.69, 9.17) is 11.6 Å². The minimum atomic E-state index is -3.56. The lowest BCUT2D eigenvalue weighted by Crippen LogP contribution is -2.51. The molecule has 0 heterocycles. The Morgan fingerprint density at radius 2 is 1.49 bits per heavy atom. The Morgan fingerprint density at radius 3 is 2.05 bits per heavy atom. The molecule has 0 aliphatic rings. The van der Waals surface area contributed by atoms with E-state index < -0.39 is 16.1 Å². The molecule has 0 aliphatic carbocycles. The highest BCUT2D eigenvalue weighted by Gasteiger charge is 2.31. The SMILES string of the molecule is CCc1ccc(N(CCCC(=O)N(Cc2ccc(Cl)cc2)[C@@H](Cc2ccccc2)C(=O)NC(C)C)S(C)(=O)=O)cc1. The number of carbonyl (C=O) groups is 2. The minimum Gasteiger partial charge on any atom is -0.352 e. The van der Waals surface area contributed by atoms with Crippen molar-refractivity contribution >= 4 is 39.1 Å². The van der Waals surface area contributed by atoms with Gasteiger partial charge in [0.1, 0.15) is 6.04 Å². The zero-order valence-corrected chi connectivity index (χ0v) is 25.8. The van der Waals surface area contributed by atoms with Crippen molar-refractivity contribution in [1.29, 1.82) is 0 Å². The molecule has 0 unspecified atom stereocenters. The maximum absolute atomic E-state index is 13.8. The van der Waals surface area contributed by atoms with Crippen molar-refractivity contribution in [2.24, 2.45) is 0 Å². The monoisotopic (exact) mass is 597 g/mol. The fraction of sp³-hybridized carbons (Fsp3) is 0.375. The maximum atomic E-state index is 13.8. The lowest BCUT2D eigenvalue weighted by Gasteiger charge is -2.32. The van der Waals surface area contributed by atoms with Crippen LogP contribution in [0.1, 0.15) is 50.3 Å². The van der Waals surface area contributed by atoms with E-state index in [1.54, 1.807) is 29.2 Å². The number of anilines is 1. The van der Waals surface area contributed by atoms with E-state index in [0.29, 0.717) is 23.6 Å². The Morgan fingerprint density at radius 1 is 0.878 bits per heavy atom. The molecule has 9 heteroatoms. The molecule has 0 saturated heterocycles. The topological polar surface area (TPSA) is 86.8 Å². The van der Waals surface area contributed by atoms with Crippen LogP contribution in [0.25, 0.3) is 0 Å². The van der Waals surface area contributed by atoms with Crippen LogP contribution in [-0.2, 0) is 39.0 Å². The molecule has 0 spiro atoms. The fourth-order valence-corrected chi connectivity index (χ4v) is 5.71. The third-order valence-corrected chi connectivity index (χ3v) is 8.20. The van der Waals surface area contributed by atoms with Crippen molar-refractivity contribution in [2.75, 3.05) is 17.1 Å². The van der Waals surface area contributed by atoms with E-state index in [0.717, 1.165) is 23.1 Å². The molecule has 2 amide bonds. The number of hydrogen-bond acceptors (Lipinski definition) is 4. The van der Waals surface area contributed by atoms with Crippen molar-refractivity contribution in [3.05, 3.63) is 101 Å². The van der Waals surface area contributed by atoms with Gasteiger partial charge in [-0.05, 0) is 67.6 Å². The number of rotatable bonds is 14. The van der Waals surface area contributed by atoms with Gasteiger partial charge in [-0.3, -0.25) is 13.9 Å². The number of halogens is 1. The fourth-order valence-electron chi connectivity index (χ4n) is 4.62. The lowest BCUT2D eigenvalue weighted by molar-refractivity contribution is -0.141. The van der Waals surface area contributed by atoms with Crippen LogP contribution in [-0.4, -0.2) is 50.0 Å². The molecule has 1 atom stereocenters. The highest BCUT2D eigenvalue weighted by molar-refractivity contribution is 7.92. The third kappa shape index (κ3) is 9.90. The Hall–Kier alpha value is -3.36. The van der Waals surface area contributed by atoms with Gasteiger partial charge >= 0.3 is 0 Å². The molecule has 0 saturated carbocycles. The van der Waals surface area contributed by atoms with Crippen LogP contribution in [0.4, 0.5) is 5.69 Å². The Balaban J connectivity index is 1.86. The first-order valence-electron chi connectivity index (χ1n) is 13.9. The molecule has 3 aromatic rings. The van der Waals surface area contributed by atoms with Crippen LogP contribution in [0.15, 0.2) is 78.9 Å². The van der Waals surface area contributed by atoms with E-state index in [2.05, 4.69) is 5.32 Å². The first-order chi connectivity index (χ1) is 19.5. The number of amides is 2. The van der Waals surface area contributed by atoms with E-state index in [-0.39, 0.29) is 37.4 Å². The highest BCUT2D eigenvalue weighted by atomic mass is 35.5. The molecule has 3 rings (SSSR count). The van der Waals surface area contributed by atoms with Gasteiger partial charge in [-0.25, -0.2) is 8.42 Å². The summed E-state index contributed by atoms with van der Waals surface area (Å²) in [7, 11) is -3.56. The Kier molecular flexibility index (Phi) is 11.8. The highest BCUT2D eigenvalue weighted by Crippen LogP contribution is 2.21. The first kappa shape index (κ1) is 32.2. The van der Waals surface area contributed by atoms with Gasteiger partial charge in [0.25, 0.3) is 0 Å². The molecule has 0 fully saturated rings. The smallest absolute Gasteiger partial charge is 0.243 e. The summed E-state index contributed by atoms with van der Waals surface area (Å²) in [6, 6.07) is 23.4. The van der Waals surface area contributed by atoms with E-state index in [1.165, 1.54) is 10.6 Å². The summed E-state index contributed by atoms with van der Waals surface area (Å²) in [4.78, 5) is 28.9. The van der Waals surface area contributed by atoms with E-state index in [1.807, 2.05) is 75.4 Å². The molecular weight excluding hydrogens is 558 g/mol. The van der Waals surface area contributed by atoms with Crippen LogP contribution in [0.2, 0.25) is 5.02 Å². The average molecular weight is 598 g/mol. The summed E-state index contributed by atoms with van der Waals surface area (Å²) in [6.45, 7) is 6.17. The van der Waals surface area contributed by atoms with Crippen LogP contribution < -0.4 is 9.62 Å². The lowest BCUT2D eigenvalue weighted by atomic mass is 10.0. The van der Waals surface area contributed by atoms with Crippen LogP contribution in [0, 0.1) is 0 Å². The van der Waals surface area contributed by atoms with Crippen molar-refractivity contribution in [1.82, 2.24) is 10.2 Å². The van der Waals surface area contributed by atoms with Crippen LogP contribution in [0.3, 0.4) is 0 Å². The van der Waals surface area contributed by atoms with Crippen molar-refractivity contribution < 1.29 is 18.0 Å². The van der Waals surface area contributed by atoms with Crippen LogP contribution >= 0.6 is 11.6 Å². The van der Waals surface area contributed by atoms with Gasteiger partial charge in [-0.1, -0.05) is 73.1 Å². The second-order valence-corrected chi connectivity index (χ2v) is 12.8. The Labute approximate surface area is 249 Å². The molecular formula is C32H40ClN3O4S. The maximum Gasteiger partial charge on any atom is 0.243 e. The zero-order chi connectivity index (χ0) is 30.0. The zero-order valence-electron chi connectivity index (χ0n) is 24.2. The summed E-state index contributed by atoms with van der Waals surface area (Å²) < 4.78 is 26.6. The number of benzene rings is 3. The molecule has 3 aromatic carbocycles. The van der Waals surface area contributed by atoms with Gasteiger partial charge in [0.15, 0.2) is 0 Å². The third-order valence-electron chi connectivity index (χ3n) is 6.75. The number of aryl methyl sites for hydroxylation is 1. The van der Waals surface area contributed by atoms with E-state index >= 15 is 0 Å². The molecule has 0 aromatic heterocycles. The second kappa shape index (κ2) is 15.0. The number of hydrogen-bond donors (Lipinski definition) is 1. The van der Waals surface area contributed by atoms with Crippen molar-refractivity contribution in [3.63, 3.8) is 0 Å². The van der Waals surface area contributed by atoms with Crippen molar-refractivity contribution in [3.8, 4) is 0 Å². The quantitative estimate of drug-likeness (QED) is 0.262. The Bertz CT molecular complexity index is 1380. The molecule has 7 nitrogen and oxygen atoms in total. The molecule has 1 N–H and O–H groups in total. The van der Waals surface area contributed by atoms with E-state index in [9.17, 15) is 18.0 Å². The normalized spacial score (nSPS) is 12.1. The van der Waals surface area contributed by atoms with Gasteiger partial charge in [0.05, 0.1) is 11.9 Å². The van der Waals surface area contributed by atoms with Gasteiger partial charge < -0.3 is 10.2 Å². The minimum absolute atomic E-state index is 0.0763. The second-order valence-electron chi connectivity index (χ2n) is 10.5. The standard InChI is InChI=1S/C32H40ClN3O4S/c1-5-25-15-19-29(20-16-25)36(41(4,39)40)21-9-12-31(37)35(23-27-13-17-28(33)18-14-27)30(32(38)34-24(2)3)22-26-10-7-6-8-11-26/h6-8,10-11,13-20,24,30H,5,9,12,21-23H2,1-4H3,(H,34,38)/t30-/m0/s1. The number of nitrogens with zero attached hydrogens (tertiary/aromatic N) is 2. The van der Waals surface area contributed by atoms with Gasteiger partial charge in [0.2, 0.25) is 21.8 Å². The predicted octanol–water partition coefficient (Wildman–Crippen LogP) is 5.61. The number of nitrogens with one attached hydrogen (secondary N) is 1. The molecule has 0 bridgehead atoms.